The Kier molecular flexibility index (Phi) is 5.32. The van der Waals surface area contributed by atoms with Crippen molar-refractivity contribution in [2.75, 3.05) is 0 Å². The van der Waals surface area contributed by atoms with E-state index >= 15 is 0 Å². The van der Waals surface area contributed by atoms with E-state index in [0.29, 0.717) is 6.92 Å². The first kappa shape index (κ1) is 22.1. The van der Waals surface area contributed by atoms with Crippen LogP contribution in [0.3, 0.4) is 0 Å². The molecule has 1 nitrogen and oxygen atoms in total. The second-order valence-corrected chi connectivity index (χ2v) is 4.34. The van der Waals surface area contributed by atoms with Gasteiger partial charge >= 0.3 is 35.8 Å². The average molecular weight is 378 g/mol. The minimum Gasteiger partial charge on any atom is -0.387 e. The Morgan fingerprint density at radius 3 is 1.17 bits per heavy atom. The molecule has 14 heteroatoms. The minimum absolute atomic E-state index is 0.509. The van der Waals surface area contributed by atoms with Crippen molar-refractivity contribution in [1.29, 1.82) is 0 Å². The SMILES string of the molecule is CCC(O)C(F)(F)C(F)(F)C(F)(F)C(F)(F)C(F)(F)C(F)(F)F. The highest BCUT2D eigenvalue weighted by Gasteiger charge is 2.91. The van der Waals surface area contributed by atoms with Crippen LogP contribution in [-0.4, -0.2) is 47.0 Å². The van der Waals surface area contributed by atoms with Gasteiger partial charge < -0.3 is 5.11 Å². The summed E-state index contributed by atoms with van der Waals surface area (Å²) in [5.74, 6) is -37.4. The predicted molar refractivity (Wildman–Crippen MR) is 47.1 cm³/mol. The molecular weight excluding hydrogens is 371 g/mol. The summed E-state index contributed by atoms with van der Waals surface area (Å²) < 4.78 is 163. The monoisotopic (exact) mass is 378 g/mol. The van der Waals surface area contributed by atoms with Crippen LogP contribution < -0.4 is 0 Å². The quantitative estimate of drug-likeness (QED) is 0.676. The third kappa shape index (κ3) is 2.82. The molecular formula is C9H7F13O. The molecule has 0 aliphatic rings. The maximum absolute atomic E-state index is 13.0. The molecule has 0 aliphatic heterocycles. The number of rotatable bonds is 6. The highest BCUT2D eigenvalue weighted by Crippen LogP contribution is 2.60. The lowest BCUT2D eigenvalue weighted by Gasteiger charge is -2.40. The van der Waals surface area contributed by atoms with Crippen LogP contribution in [0.15, 0.2) is 0 Å². The summed E-state index contributed by atoms with van der Waals surface area (Å²) in [4.78, 5) is 0. The number of alkyl halides is 13. The summed E-state index contributed by atoms with van der Waals surface area (Å²) in [6.45, 7) is 0.509. The van der Waals surface area contributed by atoms with Crippen LogP contribution in [-0.2, 0) is 0 Å². The fraction of sp³-hybridized carbons (Fsp3) is 1.00. The molecule has 1 unspecified atom stereocenters. The molecule has 0 bridgehead atoms. The third-order valence-electron chi connectivity index (χ3n) is 2.76. The van der Waals surface area contributed by atoms with E-state index in [4.69, 9.17) is 5.11 Å². The van der Waals surface area contributed by atoms with E-state index in [9.17, 15) is 57.1 Å². The molecule has 0 heterocycles. The maximum atomic E-state index is 13.0. The van der Waals surface area contributed by atoms with Gasteiger partial charge in [-0.05, 0) is 6.42 Å². The van der Waals surface area contributed by atoms with Crippen LogP contribution in [0.4, 0.5) is 57.1 Å². The summed E-state index contributed by atoms with van der Waals surface area (Å²) in [6, 6.07) is 0. The van der Waals surface area contributed by atoms with Crippen LogP contribution in [0.1, 0.15) is 13.3 Å². The zero-order valence-electron chi connectivity index (χ0n) is 10.6. The highest BCUT2D eigenvalue weighted by atomic mass is 19.4. The van der Waals surface area contributed by atoms with E-state index in [1.807, 2.05) is 0 Å². The molecule has 1 N–H and O–H groups in total. The van der Waals surface area contributed by atoms with Crippen molar-refractivity contribution in [3.63, 3.8) is 0 Å². The Hall–Kier alpha value is -0.950. The van der Waals surface area contributed by atoms with E-state index in [1.54, 1.807) is 0 Å². The second-order valence-electron chi connectivity index (χ2n) is 4.34. The lowest BCUT2D eigenvalue weighted by atomic mass is 9.91. The Labute approximate surface area is 119 Å². The normalized spacial score (nSPS) is 17.3. The molecule has 0 aromatic heterocycles. The van der Waals surface area contributed by atoms with Crippen molar-refractivity contribution in [1.82, 2.24) is 0 Å². The van der Waals surface area contributed by atoms with Crippen molar-refractivity contribution in [2.24, 2.45) is 0 Å². The average Bonchev–Trinajstić information content (AvgIpc) is 2.35. The summed E-state index contributed by atoms with van der Waals surface area (Å²) in [6.07, 6.45) is -12.6. The van der Waals surface area contributed by atoms with Crippen molar-refractivity contribution < 1.29 is 62.2 Å². The van der Waals surface area contributed by atoms with Crippen LogP contribution in [0.25, 0.3) is 0 Å². The van der Waals surface area contributed by atoms with E-state index < -0.39 is 48.3 Å². The molecule has 23 heavy (non-hydrogen) atoms. The molecule has 0 aliphatic carbocycles. The van der Waals surface area contributed by atoms with Gasteiger partial charge in [-0.3, -0.25) is 0 Å². The van der Waals surface area contributed by atoms with Gasteiger partial charge in [-0.25, -0.2) is 0 Å². The first-order chi connectivity index (χ1) is 9.73. The number of aliphatic hydroxyl groups excluding tert-OH is 1. The van der Waals surface area contributed by atoms with Crippen molar-refractivity contribution in [2.45, 2.75) is 55.2 Å². The van der Waals surface area contributed by atoms with Crippen molar-refractivity contribution in [3.05, 3.63) is 0 Å². The lowest BCUT2D eigenvalue weighted by Crippen LogP contribution is -2.71. The molecule has 0 radical (unpaired) electrons. The van der Waals surface area contributed by atoms with Crippen molar-refractivity contribution in [3.8, 4) is 0 Å². The Bertz CT molecular complexity index is 424. The zero-order valence-corrected chi connectivity index (χ0v) is 10.6. The molecule has 0 fully saturated rings. The minimum atomic E-state index is -7.93. The summed E-state index contributed by atoms with van der Waals surface area (Å²) in [5.41, 5.74) is 0. The predicted octanol–water partition coefficient (Wildman–Crippen LogP) is 4.50. The van der Waals surface area contributed by atoms with Gasteiger partial charge in [0.2, 0.25) is 0 Å². The van der Waals surface area contributed by atoms with Crippen LogP contribution in [0.2, 0.25) is 0 Å². The summed E-state index contributed by atoms with van der Waals surface area (Å²) in [7, 11) is 0. The number of aliphatic hydroxyl groups is 1. The molecule has 0 rings (SSSR count). The van der Waals surface area contributed by atoms with Crippen molar-refractivity contribution >= 4 is 0 Å². The van der Waals surface area contributed by atoms with Gasteiger partial charge in [0, 0.05) is 0 Å². The fourth-order valence-corrected chi connectivity index (χ4v) is 1.25. The fourth-order valence-electron chi connectivity index (χ4n) is 1.25. The first-order valence-electron chi connectivity index (χ1n) is 5.37. The highest BCUT2D eigenvalue weighted by molar-refractivity contribution is 5.11. The van der Waals surface area contributed by atoms with Crippen LogP contribution in [0, 0.1) is 0 Å². The molecule has 0 aromatic rings. The number of hydrogen-bond donors (Lipinski definition) is 1. The third-order valence-corrected chi connectivity index (χ3v) is 2.76. The smallest absolute Gasteiger partial charge is 0.387 e. The standard InChI is InChI=1S/C9H7F13O/c1-2-3(23)4(10,11)5(12,13)6(14,15)7(16,17)8(18,19)9(20,21)22/h3,23H,2H2,1H3. The topological polar surface area (TPSA) is 20.2 Å². The number of halogens is 13. The molecule has 0 amide bonds. The Morgan fingerprint density at radius 2 is 0.913 bits per heavy atom. The van der Waals surface area contributed by atoms with E-state index in [0.717, 1.165) is 0 Å². The van der Waals surface area contributed by atoms with Gasteiger partial charge in [0.05, 0.1) is 0 Å². The largest absolute Gasteiger partial charge is 0.460 e. The molecule has 0 spiro atoms. The molecule has 0 saturated carbocycles. The van der Waals surface area contributed by atoms with Gasteiger partial charge in [-0.2, -0.15) is 57.1 Å². The second kappa shape index (κ2) is 5.55. The molecule has 0 aromatic carbocycles. The van der Waals surface area contributed by atoms with E-state index in [1.165, 1.54) is 0 Å². The maximum Gasteiger partial charge on any atom is 0.460 e. The zero-order chi connectivity index (χ0) is 19.3. The van der Waals surface area contributed by atoms with E-state index in [-0.39, 0.29) is 0 Å². The van der Waals surface area contributed by atoms with Gasteiger partial charge in [0.1, 0.15) is 6.10 Å². The first-order valence-corrected chi connectivity index (χ1v) is 5.37. The molecule has 0 saturated heterocycles. The number of hydrogen-bond acceptors (Lipinski definition) is 1. The molecule has 140 valence electrons. The van der Waals surface area contributed by atoms with E-state index in [2.05, 4.69) is 0 Å². The van der Waals surface area contributed by atoms with Gasteiger partial charge in [0.15, 0.2) is 0 Å². The van der Waals surface area contributed by atoms with Gasteiger partial charge in [-0.15, -0.1) is 0 Å². The van der Waals surface area contributed by atoms with Gasteiger partial charge in [-0.1, -0.05) is 6.92 Å². The Balaban J connectivity index is 6.25. The summed E-state index contributed by atoms with van der Waals surface area (Å²) in [5, 5.41) is 8.50. The van der Waals surface area contributed by atoms with Gasteiger partial charge in [0.25, 0.3) is 0 Å². The van der Waals surface area contributed by atoms with Crippen LogP contribution in [0.5, 0.6) is 0 Å². The molecule has 1 atom stereocenters. The Morgan fingerprint density at radius 1 is 0.609 bits per heavy atom. The summed E-state index contributed by atoms with van der Waals surface area (Å²) >= 11 is 0. The van der Waals surface area contributed by atoms with Crippen LogP contribution >= 0.6 is 0 Å². The lowest BCUT2D eigenvalue weighted by molar-refractivity contribution is -0.444.